The fraction of sp³-hybridized carbons (Fsp3) is 0.529. The van der Waals surface area contributed by atoms with Gasteiger partial charge < -0.3 is 10.4 Å². The van der Waals surface area contributed by atoms with E-state index in [2.05, 4.69) is 39.1 Å². The van der Waals surface area contributed by atoms with E-state index in [-0.39, 0.29) is 23.9 Å². The molecule has 8 heteroatoms. The van der Waals surface area contributed by atoms with Crippen molar-refractivity contribution in [1.29, 1.82) is 0 Å². The van der Waals surface area contributed by atoms with Crippen LogP contribution in [-0.2, 0) is 6.42 Å². The van der Waals surface area contributed by atoms with E-state index in [0.29, 0.717) is 29.1 Å². The highest BCUT2D eigenvalue weighted by Crippen LogP contribution is 2.20. The first-order valence-corrected chi connectivity index (χ1v) is 9.02. The molecule has 0 aliphatic heterocycles. The van der Waals surface area contributed by atoms with E-state index in [0.717, 1.165) is 12.1 Å². The maximum Gasteiger partial charge on any atom is 0.227 e. The van der Waals surface area contributed by atoms with E-state index < -0.39 is 0 Å². The minimum Gasteiger partial charge on any atom is -0.394 e. The molecular formula is C17H23Cl2N5O. The number of nitrogens with one attached hydrogen (secondary N) is 1. The van der Waals surface area contributed by atoms with Gasteiger partial charge in [-0.2, -0.15) is 9.97 Å². The third-order valence-corrected chi connectivity index (χ3v) is 4.10. The average molecular weight is 384 g/mol. The molecule has 0 spiro atoms. The van der Waals surface area contributed by atoms with Gasteiger partial charge >= 0.3 is 0 Å². The molecule has 6 nitrogen and oxygen atoms in total. The van der Waals surface area contributed by atoms with Crippen molar-refractivity contribution in [2.75, 3.05) is 11.9 Å². The zero-order valence-electron chi connectivity index (χ0n) is 14.6. The number of nitrogens with zero attached hydrogens (tertiary/aromatic N) is 4. The number of aromatic nitrogens is 4. The Morgan fingerprint density at radius 3 is 2.48 bits per heavy atom. The van der Waals surface area contributed by atoms with Crippen molar-refractivity contribution in [3.63, 3.8) is 0 Å². The Kier molecular flexibility index (Phi) is 7.35. The summed E-state index contributed by atoms with van der Waals surface area (Å²) in [4.78, 5) is 17.1. The molecule has 0 saturated carbocycles. The van der Waals surface area contributed by atoms with Crippen LogP contribution in [0.15, 0.2) is 18.3 Å². The van der Waals surface area contributed by atoms with Crippen LogP contribution in [0, 0.1) is 5.92 Å². The van der Waals surface area contributed by atoms with Crippen molar-refractivity contribution in [1.82, 2.24) is 19.9 Å². The summed E-state index contributed by atoms with van der Waals surface area (Å²) in [5.41, 5.74) is 0.906. The van der Waals surface area contributed by atoms with Gasteiger partial charge in [-0.1, -0.05) is 32.4 Å². The standard InChI is InChI=1S/C17H23Cl2N5O/c1-10(2)6-13(9-25)21-17-23-15(22-16(19)24-17)7-11(3)14-5-4-12(18)8-20-14/h4-5,8,10-11,13,25H,6-7,9H2,1-3H3,(H,21,22,23,24). The van der Waals surface area contributed by atoms with Crippen molar-refractivity contribution in [3.05, 3.63) is 40.2 Å². The molecule has 0 bridgehead atoms. The summed E-state index contributed by atoms with van der Waals surface area (Å²) in [6.45, 7) is 6.23. The van der Waals surface area contributed by atoms with Gasteiger partial charge in [-0.05, 0) is 36.1 Å². The normalized spacial score (nSPS) is 13.7. The number of anilines is 1. The lowest BCUT2D eigenvalue weighted by molar-refractivity contribution is 0.259. The highest BCUT2D eigenvalue weighted by molar-refractivity contribution is 6.30. The highest BCUT2D eigenvalue weighted by Gasteiger charge is 2.15. The van der Waals surface area contributed by atoms with Crippen molar-refractivity contribution in [3.8, 4) is 0 Å². The molecule has 0 aromatic carbocycles. The minimum absolute atomic E-state index is 0.00190. The van der Waals surface area contributed by atoms with Crippen LogP contribution in [0.2, 0.25) is 10.3 Å². The Labute approximate surface area is 158 Å². The topological polar surface area (TPSA) is 83.8 Å². The summed E-state index contributed by atoms with van der Waals surface area (Å²) in [5.74, 6) is 1.50. The summed E-state index contributed by atoms with van der Waals surface area (Å²) in [5, 5.41) is 13.4. The molecule has 0 amide bonds. The van der Waals surface area contributed by atoms with E-state index in [1.807, 2.05) is 19.1 Å². The maximum atomic E-state index is 9.51. The van der Waals surface area contributed by atoms with Crippen molar-refractivity contribution >= 4 is 29.2 Å². The number of hydrogen-bond donors (Lipinski definition) is 2. The van der Waals surface area contributed by atoms with Crippen LogP contribution in [0.25, 0.3) is 0 Å². The van der Waals surface area contributed by atoms with E-state index in [4.69, 9.17) is 23.2 Å². The molecule has 0 fully saturated rings. The number of hydrogen-bond acceptors (Lipinski definition) is 6. The molecule has 2 aromatic rings. The lowest BCUT2D eigenvalue weighted by atomic mass is 10.0. The summed E-state index contributed by atoms with van der Waals surface area (Å²) in [7, 11) is 0. The molecule has 0 radical (unpaired) electrons. The third-order valence-electron chi connectivity index (χ3n) is 3.71. The zero-order chi connectivity index (χ0) is 18.4. The van der Waals surface area contributed by atoms with Crippen molar-refractivity contribution in [2.24, 2.45) is 5.92 Å². The Balaban J connectivity index is 2.11. The third kappa shape index (κ3) is 6.38. The highest BCUT2D eigenvalue weighted by atomic mass is 35.5. The second kappa shape index (κ2) is 9.27. The SMILES string of the molecule is CC(C)CC(CO)Nc1nc(Cl)nc(CC(C)c2ccc(Cl)cn2)n1. The maximum absolute atomic E-state index is 9.51. The largest absolute Gasteiger partial charge is 0.394 e. The van der Waals surface area contributed by atoms with E-state index in [9.17, 15) is 5.11 Å². The van der Waals surface area contributed by atoms with Crippen LogP contribution in [-0.4, -0.2) is 37.7 Å². The quantitative estimate of drug-likeness (QED) is 0.722. The molecule has 136 valence electrons. The number of aliphatic hydroxyl groups is 1. The van der Waals surface area contributed by atoms with Crippen molar-refractivity contribution < 1.29 is 5.11 Å². The molecule has 2 N–H and O–H groups in total. The van der Waals surface area contributed by atoms with E-state index in [1.54, 1.807) is 6.20 Å². The van der Waals surface area contributed by atoms with Gasteiger partial charge in [0.25, 0.3) is 0 Å². The molecule has 2 aromatic heterocycles. The van der Waals surface area contributed by atoms with Crippen LogP contribution in [0.5, 0.6) is 0 Å². The predicted octanol–water partition coefficient (Wildman–Crippen LogP) is 3.74. The summed E-state index contributed by atoms with van der Waals surface area (Å²) >= 11 is 11.9. The van der Waals surface area contributed by atoms with Crippen molar-refractivity contribution in [2.45, 2.75) is 45.6 Å². The Morgan fingerprint density at radius 2 is 1.88 bits per heavy atom. The molecule has 0 saturated heterocycles. The van der Waals surface area contributed by atoms with Gasteiger partial charge in [0.15, 0.2) is 0 Å². The number of halogens is 2. The lowest BCUT2D eigenvalue weighted by Gasteiger charge is -2.18. The fourth-order valence-corrected chi connectivity index (χ4v) is 2.82. The van der Waals surface area contributed by atoms with Crippen LogP contribution in [0.3, 0.4) is 0 Å². The first kappa shape index (κ1) is 19.8. The first-order valence-electron chi connectivity index (χ1n) is 8.26. The number of pyridine rings is 1. The van der Waals surface area contributed by atoms with Crippen LogP contribution in [0.1, 0.15) is 44.6 Å². The number of rotatable bonds is 8. The van der Waals surface area contributed by atoms with Gasteiger partial charge in [-0.15, -0.1) is 0 Å². The van der Waals surface area contributed by atoms with Gasteiger partial charge in [0.1, 0.15) is 5.82 Å². The van der Waals surface area contributed by atoms with Crippen LogP contribution in [0.4, 0.5) is 5.95 Å². The fourth-order valence-electron chi connectivity index (χ4n) is 2.53. The molecule has 2 atom stereocenters. The average Bonchev–Trinajstić information content (AvgIpc) is 2.53. The lowest BCUT2D eigenvalue weighted by Crippen LogP contribution is -2.27. The zero-order valence-corrected chi connectivity index (χ0v) is 16.1. The molecule has 2 unspecified atom stereocenters. The molecule has 2 rings (SSSR count). The van der Waals surface area contributed by atoms with Crippen LogP contribution >= 0.6 is 23.2 Å². The predicted molar refractivity (Wildman–Crippen MR) is 100 cm³/mol. The van der Waals surface area contributed by atoms with E-state index >= 15 is 0 Å². The minimum atomic E-state index is -0.123. The van der Waals surface area contributed by atoms with Gasteiger partial charge in [0, 0.05) is 24.2 Å². The van der Waals surface area contributed by atoms with Gasteiger partial charge in [0.2, 0.25) is 11.2 Å². The first-order chi connectivity index (χ1) is 11.9. The summed E-state index contributed by atoms with van der Waals surface area (Å²) < 4.78 is 0. The molecule has 0 aliphatic carbocycles. The monoisotopic (exact) mass is 383 g/mol. The van der Waals surface area contributed by atoms with Crippen LogP contribution < -0.4 is 5.32 Å². The molecular weight excluding hydrogens is 361 g/mol. The number of aliphatic hydroxyl groups excluding tert-OH is 1. The molecule has 2 heterocycles. The molecule has 0 aliphatic rings. The smallest absolute Gasteiger partial charge is 0.227 e. The van der Waals surface area contributed by atoms with E-state index in [1.165, 1.54) is 0 Å². The summed E-state index contributed by atoms with van der Waals surface area (Å²) in [6, 6.07) is 3.58. The van der Waals surface area contributed by atoms with Gasteiger partial charge in [0.05, 0.1) is 17.7 Å². The summed E-state index contributed by atoms with van der Waals surface area (Å²) in [6.07, 6.45) is 3.00. The second-order valence-electron chi connectivity index (χ2n) is 6.50. The van der Waals surface area contributed by atoms with Gasteiger partial charge in [-0.25, -0.2) is 4.98 Å². The Morgan fingerprint density at radius 1 is 1.12 bits per heavy atom. The Bertz CT molecular complexity index is 681. The Hall–Kier alpha value is -1.50. The second-order valence-corrected chi connectivity index (χ2v) is 7.28. The van der Waals surface area contributed by atoms with Gasteiger partial charge in [-0.3, -0.25) is 4.98 Å². The molecule has 25 heavy (non-hydrogen) atoms.